The third kappa shape index (κ3) is 8.32. The van der Waals surface area contributed by atoms with E-state index < -0.39 is 0 Å². The van der Waals surface area contributed by atoms with Crippen molar-refractivity contribution in [1.29, 1.82) is 0 Å². The lowest BCUT2D eigenvalue weighted by atomic mass is 9.94. The van der Waals surface area contributed by atoms with Gasteiger partial charge in [0.25, 0.3) is 0 Å². The van der Waals surface area contributed by atoms with Gasteiger partial charge in [-0.25, -0.2) is 9.97 Å². The molecule has 0 spiro atoms. The van der Waals surface area contributed by atoms with Gasteiger partial charge in [-0.1, -0.05) is 24.5 Å². The summed E-state index contributed by atoms with van der Waals surface area (Å²) in [7, 11) is 0. The standard InChI is InChI=1S/C24H41N9/c1-2-6-21(7-3-1)27-13-4-11-25-12-5-17-33-19-22(31-32-33)18-29-24-28-16-10-23(30-24)20-8-14-26-15-9-20/h10,16,19-21,25-27H,1-9,11-15,17-18H2,(H,28,29,30). The second-order valence-corrected chi connectivity index (χ2v) is 9.40. The van der Waals surface area contributed by atoms with Crippen molar-refractivity contribution < 1.29 is 0 Å². The van der Waals surface area contributed by atoms with Crippen LogP contribution in [0.15, 0.2) is 18.5 Å². The van der Waals surface area contributed by atoms with Crippen molar-refractivity contribution in [3.05, 3.63) is 29.8 Å². The fourth-order valence-electron chi connectivity index (χ4n) is 4.82. The first-order chi connectivity index (χ1) is 16.4. The van der Waals surface area contributed by atoms with Crippen LogP contribution in [0.25, 0.3) is 0 Å². The maximum atomic E-state index is 4.72. The Labute approximate surface area is 197 Å². The molecule has 9 heteroatoms. The highest BCUT2D eigenvalue weighted by Crippen LogP contribution is 2.23. The van der Waals surface area contributed by atoms with Crippen molar-refractivity contribution in [2.75, 3.05) is 38.0 Å². The molecule has 182 valence electrons. The van der Waals surface area contributed by atoms with Gasteiger partial charge in [-0.05, 0) is 77.3 Å². The van der Waals surface area contributed by atoms with E-state index in [1.54, 1.807) is 0 Å². The van der Waals surface area contributed by atoms with Gasteiger partial charge in [-0.2, -0.15) is 0 Å². The minimum atomic E-state index is 0.525. The molecule has 0 amide bonds. The normalized spacial score (nSPS) is 17.9. The molecule has 0 atom stereocenters. The van der Waals surface area contributed by atoms with Crippen molar-refractivity contribution in [1.82, 2.24) is 40.9 Å². The highest BCUT2D eigenvalue weighted by Gasteiger charge is 2.17. The van der Waals surface area contributed by atoms with Gasteiger partial charge in [0, 0.05) is 30.4 Å². The van der Waals surface area contributed by atoms with Crippen LogP contribution in [-0.2, 0) is 13.1 Å². The average Bonchev–Trinajstić information content (AvgIpc) is 3.33. The minimum absolute atomic E-state index is 0.525. The van der Waals surface area contributed by atoms with E-state index >= 15 is 0 Å². The molecule has 1 saturated heterocycles. The Morgan fingerprint density at radius 2 is 1.85 bits per heavy atom. The predicted octanol–water partition coefficient (Wildman–Crippen LogP) is 2.44. The quantitative estimate of drug-likeness (QED) is 0.342. The average molecular weight is 456 g/mol. The number of hydrogen-bond acceptors (Lipinski definition) is 8. The van der Waals surface area contributed by atoms with E-state index in [2.05, 4.69) is 36.6 Å². The van der Waals surface area contributed by atoms with Crippen molar-refractivity contribution in [2.24, 2.45) is 0 Å². The highest BCUT2D eigenvalue weighted by molar-refractivity contribution is 5.27. The number of nitrogens with zero attached hydrogens (tertiary/aromatic N) is 5. The van der Waals surface area contributed by atoms with Gasteiger partial charge < -0.3 is 21.3 Å². The monoisotopic (exact) mass is 455 g/mol. The van der Waals surface area contributed by atoms with E-state index in [1.807, 2.05) is 23.1 Å². The Hall–Kier alpha value is -2.10. The molecule has 1 saturated carbocycles. The van der Waals surface area contributed by atoms with E-state index in [0.29, 0.717) is 18.4 Å². The van der Waals surface area contributed by atoms with Crippen molar-refractivity contribution in [3.8, 4) is 0 Å². The SMILES string of the molecule is c1cc(C2CCNCC2)nc(NCc2cn(CCCNCCCNC3CCCCC3)nn2)n1. The van der Waals surface area contributed by atoms with Crippen LogP contribution in [0.3, 0.4) is 0 Å². The predicted molar refractivity (Wildman–Crippen MR) is 131 cm³/mol. The number of rotatable bonds is 13. The van der Waals surface area contributed by atoms with Crippen LogP contribution in [0.1, 0.15) is 75.1 Å². The van der Waals surface area contributed by atoms with E-state index in [1.165, 1.54) is 38.5 Å². The second kappa shape index (κ2) is 13.6. The molecule has 4 rings (SSSR count). The molecule has 0 radical (unpaired) electrons. The number of hydrogen-bond donors (Lipinski definition) is 4. The molecule has 2 aromatic rings. The van der Waals surface area contributed by atoms with Crippen LogP contribution in [0.5, 0.6) is 0 Å². The van der Waals surface area contributed by atoms with Gasteiger partial charge in [0.2, 0.25) is 5.95 Å². The fraction of sp³-hybridized carbons (Fsp3) is 0.750. The van der Waals surface area contributed by atoms with Crippen LogP contribution in [0.2, 0.25) is 0 Å². The summed E-state index contributed by atoms with van der Waals surface area (Å²) in [6.07, 6.45) is 15.3. The lowest BCUT2D eigenvalue weighted by Gasteiger charge is -2.22. The summed E-state index contributed by atoms with van der Waals surface area (Å²) in [5.74, 6) is 1.19. The van der Waals surface area contributed by atoms with E-state index in [0.717, 1.165) is 76.0 Å². The lowest BCUT2D eigenvalue weighted by Crippen LogP contribution is -2.33. The summed E-state index contributed by atoms with van der Waals surface area (Å²) in [5.41, 5.74) is 2.04. The summed E-state index contributed by atoms with van der Waals surface area (Å²) in [6, 6.07) is 2.80. The molecule has 1 aliphatic carbocycles. The summed E-state index contributed by atoms with van der Waals surface area (Å²) in [4.78, 5) is 9.09. The molecular formula is C24H41N9. The summed E-state index contributed by atoms with van der Waals surface area (Å²) < 4.78 is 1.93. The van der Waals surface area contributed by atoms with E-state index in [-0.39, 0.29) is 0 Å². The van der Waals surface area contributed by atoms with Gasteiger partial charge in [0.1, 0.15) is 5.69 Å². The van der Waals surface area contributed by atoms with Gasteiger partial charge >= 0.3 is 0 Å². The smallest absolute Gasteiger partial charge is 0.223 e. The maximum absolute atomic E-state index is 4.72. The molecular weight excluding hydrogens is 414 g/mol. The first-order valence-electron chi connectivity index (χ1n) is 13.0. The van der Waals surface area contributed by atoms with Crippen molar-refractivity contribution in [2.45, 2.75) is 82.8 Å². The maximum Gasteiger partial charge on any atom is 0.223 e. The zero-order valence-corrected chi connectivity index (χ0v) is 19.9. The number of anilines is 1. The van der Waals surface area contributed by atoms with Crippen LogP contribution in [-0.4, -0.2) is 63.7 Å². The first kappa shape index (κ1) is 24.0. The number of aromatic nitrogens is 5. The van der Waals surface area contributed by atoms with E-state index in [9.17, 15) is 0 Å². The van der Waals surface area contributed by atoms with Gasteiger partial charge in [0.05, 0.1) is 12.7 Å². The Morgan fingerprint density at radius 1 is 1.00 bits per heavy atom. The number of nitrogens with one attached hydrogen (secondary N) is 4. The second-order valence-electron chi connectivity index (χ2n) is 9.40. The van der Waals surface area contributed by atoms with Crippen molar-refractivity contribution in [3.63, 3.8) is 0 Å². The molecule has 4 N–H and O–H groups in total. The minimum Gasteiger partial charge on any atom is -0.348 e. The fourth-order valence-corrected chi connectivity index (χ4v) is 4.82. The number of aryl methyl sites for hydroxylation is 1. The third-order valence-electron chi connectivity index (χ3n) is 6.76. The van der Waals surface area contributed by atoms with Gasteiger partial charge in [-0.3, -0.25) is 4.68 Å². The number of piperidine rings is 1. The molecule has 0 bridgehead atoms. The van der Waals surface area contributed by atoms with Crippen LogP contribution in [0, 0.1) is 0 Å². The summed E-state index contributed by atoms with van der Waals surface area (Å²) in [5, 5.41) is 22.5. The Balaban J connectivity index is 1.07. The molecule has 3 heterocycles. The third-order valence-corrected chi connectivity index (χ3v) is 6.76. The van der Waals surface area contributed by atoms with Crippen LogP contribution < -0.4 is 21.3 Å². The summed E-state index contributed by atoms with van der Waals surface area (Å²) in [6.45, 7) is 6.80. The summed E-state index contributed by atoms with van der Waals surface area (Å²) >= 11 is 0. The highest BCUT2D eigenvalue weighted by atomic mass is 15.4. The van der Waals surface area contributed by atoms with Crippen LogP contribution in [0.4, 0.5) is 5.95 Å². The zero-order chi connectivity index (χ0) is 22.6. The lowest BCUT2D eigenvalue weighted by molar-refractivity contribution is 0.371. The zero-order valence-electron chi connectivity index (χ0n) is 19.9. The Morgan fingerprint density at radius 3 is 2.73 bits per heavy atom. The molecule has 33 heavy (non-hydrogen) atoms. The molecule has 2 aromatic heterocycles. The Kier molecular flexibility index (Phi) is 9.88. The van der Waals surface area contributed by atoms with Gasteiger partial charge in [-0.15, -0.1) is 5.10 Å². The molecule has 9 nitrogen and oxygen atoms in total. The van der Waals surface area contributed by atoms with Crippen molar-refractivity contribution >= 4 is 5.95 Å². The molecule has 0 aromatic carbocycles. The first-order valence-corrected chi connectivity index (χ1v) is 13.0. The topological polar surface area (TPSA) is 105 Å². The Bertz CT molecular complexity index is 797. The van der Waals surface area contributed by atoms with Crippen LogP contribution >= 0.6 is 0 Å². The largest absolute Gasteiger partial charge is 0.348 e. The molecule has 0 unspecified atom stereocenters. The molecule has 2 aliphatic rings. The molecule has 2 fully saturated rings. The molecule has 1 aliphatic heterocycles. The van der Waals surface area contributed by atoms with Gasteiger partial charge in [0.15, 0.2) is 0 Å². The van der Waals surface area contributed by atoms with E-state index in [4.69, 9.17) is 4.98 Å².